The van der Waals surface area contributed by atoms with Crippen molar-refractivity contribution in [2.24, 2.45) is 11.7 Å². The maximum Gasteiger partial charge on any atom is 0.244 e. The van der Waals surface area contributed by atoms with Crippen molar-refractivity contribution < 1.29 is 4.79 Å². The first-order valence-corrected chi connectivity index (χ1v) is 7.38. The van der Waals surface area contributed by atoms with Crippen molar-refractivity contribution in [1.82, 2.24) is 19.9 Å². The maximum absolute atomic E-state index is 12.3. The maximum atomic E-state index is 12.3. The van der Waals surface area contributed by atoms with Gasteiger partial charge in [-0.1, -0.05) is 12.1 Å². The Bertz CT molecular complexity index is 448. The van der Waals surface area contributed by atoms with Crippen molar-refractivity contribution >= 4 is 5.91 Å². The molecule has 1 amide bonds. The Morgan fingerprint density at radius 3 is 2.70 bits per heavy atom. The molecule has 112 valence electrons. The second kappa shape index (κ2) is 6.35. The number of likely N-dealkylation sites (N-methyl/N-ethyl adjacent to an activating group) is 1. The fourth-order valence-corrected chi connectivity index (χ4v) is 2.68. The van der Waals surface area contributed by atoms with Gasteiger partial charge in [-0.2, -0.15) is 0 Å². The zero-order valence-corrected chi connectivity index (χ0v) is 12.6. The van der Waals surface area contributed by atoms with Crippen LogP contribution in [0.2, 0.25) is 0 Å². The first-order chi connectivity index (χ1) is 9.47. The van der Waals surface area contributed by atoms with Crippen LogP contribution < -0.4 is 5.73 Å². The summed E-state index contributed by atoms with van der Waals surface area (Å²) >= 11 is 0. The number of hydrogen-bond acceptors (Lipinski definition) is 4. The van der Waals surface area contributed by atoms with Crippen molar-refractivity contribution in [3.8, 4) is 0 Å². The van der Waals surface area contributed by atoms with Crippen LogP contribution in [0.1, 0.15) is 51.3 Å². The van der Waals surface area contributed by atoms with E-state index in [-0.39, 0.29) is 18.5 Å². The number of nitrogens with two attached hydrogens (primary N) is 1. The smallest absolute Gasteiger partial charge is 0.244 e. The van der Waals surface area contributed by atoms with E-state index in [4.69, 9.17) is 5.73 Å². The lowest BCUT2D eigenvalue weighted by Crippen LogP contribution is -2.41. The highest BCUT2D eigenvalue weighted by molar-refractivity contribution is 5.75. The van der Waals surface area contributed by atoms with E-state index >= 15 is 0 Å². The molecule has 0 radical (unpaired) electrons. The minimum Gasteiger partial charge on any atom is -0.341 e. The van der Waals surface area contributed by atoms with Crippen LogP contribution in [0.25, 0.3) is 0 Å². The summed E-state index contributed by atoms with van der Waals surface area (Å²) in [6, 6.07) is 0.214. The first-order valence-electron chi connectivity index (χ1n) is 7.38. The largest absolute Gasteiger partial charge is 0.341 e. The van der Waals surface area contributed by atoms with Gasteiger partial charge in [-0.05, 0) is 38.5 Å². The highest BCUT2D eigenvalue weighted by Crippen LogP contribution is 2.26. The molecule has 2 N–H and O–H groups in total. The molecule has 1 aliphatic carbocycles. The van der Waals surface area contributed by atoms with Crippen molar-refractivity contribution in [2.45, 2.75) is 58.2 Å². The van der Waals surface area contributed by atoms with Gasteiger partial charge in [0.25, 0.3) is 0 Å². The number of rotatable bonds is 4. The van der Waals surface area contributed by atoms with Crippen LogP contribution in [-0.2, 0) is 11.3 Å². The molecule has 1 aliphatic rings. The lowest BCUT2D eigenvalue weighted by Gasteiger charge is -2.33. The molecule has 0 spiro atoms. The second-order valence-corrected chi connectivity index (χ2v) is 6.05. The van der Waals surface area contributed by atoms with Gasteiger partial charge in [0, 0.05) is 19.1 Å². The summed E-state index contributed by atoms with van der Waals surface area (Å²) in [7, 11) is 1.90. The van der Waals surface area contributed by atoms with Crippen LogP contribution >= 0.6 is 0 Å². The molecule has 1 fully saturated rings. The molecular formula is C14H25N5O. The Morgan fingerprint density at radius 2 is 2.15 bits per heavy atom. The average Bonchev–Trinajstić information content (AvgIpc) is 2.87. The van der Waals surface area contributed by atoms with Gasteiger partial charge in [0.15, 0.2) is 0 Å². The number of nitrogens with zero attached hydrogens (tertiary/aromatic N) is 4. The van der Waals surface area contributed by atoms with E-state index in [0.717, 1.165) is 18.8 Å². The molecule has 0 aromatic carbocycles. The van der Waals surface area contributed by atoms with E-state index in [0.29, 0.717) is 11.7 Å². The van der Waals surface area contributed by atoms with Crippen LogP contribution in [0.5, 0.6) is 0 Å². The lowest BCUT2D eigenvalue weighted by molar-refractivity contribution is -0.133. The first kappa shape index (κ1) is 15.0. The fraction of sp³-hybridized carbons (Fsp3) is 0.786. The summed E-state index contributed by atoms with van der Waals surface area (Å²) < 4.78 is 1.57. The summed E-state index contributed by atoms with van der Waals surface area (Å²) in [6.07, 6.45) is 6.37. The third-order valence-corrected chi connectivity index (χ3v) is 4.25. The van der Waals surface area contributed by atoms with Crippen molar-refractivity contribution in [1.29, 1.82) is 0 Å². The van der Waals surface area contributed by atoms with Gasteiger partial charge in [0.2, 0.25) is 5.91 Å². The van der Waals surface area contributed by atoms with E-state index in [9.17, 15) is 4.79 Å². The van der Waals surface area contributed by atoms with E-state index in [1.807, 2.05) is 18.9 Å². The quantitative estimate of drug-likeness (QED) is 0.902. The van der Waals surface area contributed by atoms with Crippen LogP contribution in [0.15, 0.2) is 6.20 Å². The topological polar surface area (TPSA) is 77.0 Å². The van der Waals surface area contributed by atoms with Crippen LogP contribution in [-0.4, -0.2) is 38.9 Å². The predicted octanol–water partition coefficient (Wildman–Crippen LogP) is 1.33. The van der Waals surface area contributed by atoms with E-state index in [1.165, 1.54) is 12.8 Å². The van der Waals surface area contributed by atoms with Crippen molar-refractivity contribution in [3.63, 3.8) is 0 Å². The second-order valence-electron chi connectivity index (χ2n) is 6.05. The zero-order valence-electron chi connectivity index (χ0n) is 12.6. The third-order valence-electron chi connectivity index (χ3n) is 4.25. The van der Waals surface area contributed by atoms with E-state index in [1.54, 1.807) is 10.9 Å². The van der Waals surface area contributed by atoms with Crippen LogP contribution in [0, 0.1) is 5.92 Å². The van der Waals surface area contributed by atoms with E-state index in [2.05, 4.69) is 17.2 Å². The lowest BCUT2D eigenvalue weighted by atomic mass is 9.87. The van der Waals surface area contributed by atoms with Gasteiger partial charge < -0.3 is 10.6 Å². The molecule has 1 aromatic heterocycles. The van der Waals surface area contributed by atoms with Crippen molar-refractivity contribution in [2.75, 3.05) is 7.05 Å². The molecule has 20 heavy (non-hydrogen) atoms. The zero-order chi connectivity index (χ0) is 14.7. The fourth-order valence-electron chi connectivity index (χ4n) is 2.68. The molecule has 6 nitrogen and oxygen atoms in total. The summed E-state index contributed by atoms with van der Waals surface area (Å²) in [5.74, 6) is 0.879. The Hall–Kier alpha value is -1.43. The van der Waals surface area contributed by atoms with Crippen LogP contribution in [0.3, 0.4) is 0 Å². The number of aromatic nitrogens is 3. The predicted molar refractivity (Wildman–Crippen MR) is 76.8 cm³/mol. The van der Waals surface area contributed by atoms with Gasteiger partial charge in [-0.25, -0.2) is 4.68 Å². The highest BCUT2D eigenvalue weighted by Gasteiger charge is 2.25. The number of amides is 1. The summed E-state index contributed by atoms with van der Waals surface area (Å²) in [6.45, 7) is 4.37. The van der Waals surface area contributed by atoms with Gasteiger partial charge in [-0.3, -0.25) is 4.79 Å². The Balaban J connectivity index is 1.90. The summed E-state index contributed by atoms with van der Waals surface area (Å²) in [5, 5.41) is 7.92. The normalized spacial score (nSPS) is 24.4. The summed E-state index contributed by atoms with van der Waals surface area (Å²) in [5.41, 5.74) is 6.45. The molecule has 1 aromatic rings. The monoisotopic (exact) mass is 279 g/mol. The van der Waals surface area contributed by atoms with Gasteiger partial charge in [-0.15, -0.1) is 5.10 Å². The number of hydrogen-bond donors (Lipinski definition) is 1. The summed E-state index contributed by atoms with van der Waals surface area (Å²) in [4.78, 5) is 14.2. The number of carbonyl (C=O) groups excluding carboxylic acids is 1. The standard InChI is InChI=1S/C14H25N5O/c1-10-4-6-12(7-5-10)18(3)14(20)9-19-8-13(11(2)15)16-17-19/h8,10-12H,4-7,9,15H2,1-3H3. The van der Waals surface area contributed by atoms with Gasteiger partial charge in [0.1, 0.15) is 6.54 Å². The molecular weight excluding hydrogens is 254 g/mol. The Kier molecular flexibility index (Phi) is 4.75. The third kappa shape index (κ3) is 3.56. The molecule has 6 heteroatoms. The molecule has 0 aliphatic heterocycles. The van der Waals surface area contributed by atoms with Gasteiger partial charge in [0.05, 0.1) is 11.9 Å². The van der Waals surface area contributed by atoms with Gasteiger partial charge >= 0.3 is 0 Å². The van der Waals surface area contributed by atoms with Crippen LogP contribution in [0.4, 0.5) is 0 Å². The Morgan fingerprint density at radius 1 is 1.50 bits per heavy atom. The minimum absolute atomic E-state index is 0.0886. The molecule has 2 rings (SSSR count). The molecule has 1 heterocycles. The molecule has 0 saturated heterocycles. The Labute approximate surface area is 120 Å². The molecule has 1 unspecified atom stereocenters. The van der Waals surface area contributed by atoms with Crippen molar-refractivity contribution in [3.05, 3.63) is 11.9 Å². The molecule has 0 bridgehead atoms. The highest BCUT2D eigenvalue weighted by atomic mass is 16.2. The average molecular weight is 279 g/mol. The van der Waals surface area contributed by atoms with E-state index < -0.39 is 0 Å². The molecule has 1 saturated carbocycles. The minimum atomic E-state index is -0.156. The SMILES string of the molecule is CC1CCC(N(C)C(=O)Cn2cc(C(C)N)nn2)CC1. The molecule has 1 atom stereocenters. The number of carbonyl (C=O) groups is 1.